The highest BCUT2D eigenvalue weighted by Crippen LogP contribution is 2.36. The first kappa shape index (κ1) is 20.3. The van der Waals surface area contributed by atoms with Crippen LogP contribution < -0.4 is 5.32 Å². The molecule has 0 bridgehead atoms. The van der Waals surface area contributed by atoms with Crippen LogP contribution in [0.5, 0.6) is 0 Å². The van der Waals surface area contributed by atoms with Crippen LogP contribution >= 0.6 is 46.4 Å². The number of sulfone groups is 1. The number of benzene rings is 1. The summed E-state index contributed by atoms with van der Waals surface area (Å²) in [6, 6.07) is 5.71. The molecular formula is C15H12Cl4N2O3S. The van der Waals surface area contributed by atoms with Crippen LogP contribution in [0.25, 0.3) is 0 Å². The highest BCUT2D eigenvalue weighted by molar-refractivity contribution is 7.90. The Balaban J connectivity index is 2.24. The zero-order valence-electron chi connectivity index (χ0n) is 13.0. The summed E-state index contributed by atoms with van der Waals surface area (Å²) in [6.07, 6.45) is 1.12. The van der Waals surface area contributed by atoms with Gasteiger partial charge in [-0.2, -0.15) is 0 Å². The number of carbonyl (C=O) groups is 1. The predicted octanol–water partition coefficient (Wildman–Crippen LogP) is 4.59. The van der Waals surface area contributed by atoms with Crippen molar-refractivity contribution in [1.29, 1.82) is 0 Å². The number of carbonyl (C=O) groups excluding carboxylic acids is 1. The number of nitrogens with one attached hydrogen (secondary N) is 1. The Bertz CT molecular complexity index is 931. The quantitative estimate of drug-likeness (QED) is 0.704. The van der Waals surface area contributed by atoms with E-state index in [9.17, 15) is 13.2 Å². The van der Waals surface area contributed by atoms with E-state index in [1.807, 2.05) is 0 Å². The molecular weight excluding hydrogens is 430 g/mol. The molecule has 0 aliphatic heterocycles. The summed E-state index contributed by atoms with van der Waals surface area (Å²) in [5.74, 6) is -0.592. The molecule has 1 amide bonds. The van der Waals surface area contributed by atoms with Gasteiger partial charge in [-0.1, -0.05) is 58.5 Å². The van der Waals surface area contributed by atoms with Gasteiger partial charge in [-0.15, -0.1) is 0 Å². The van der Waals surface area contributed by atoms with Gasteiger partial charge in [-0.25, -0.2) is 13.4 Å². The van der Waals surface area contributed by atoms with Gasteiger partial charge in [0.25, 0.3) is 5.91 Å². The molecule has 1 N–H and O–H groups in total. The first-order valence-electron chi connectivity index (χ1n) is 6.83. The standard InChI is InChI=1S/C15H12Cl4N2O3S/c1-7(8-3-5-9(6-4-8)25(2,23)24)20-15(22)13-11(17)10(16)12(18)14(19)21-13/h3-7H,1-2H3,(H,20,22)/t7-/m1/s1. The maximum Gasteiger partial charge on any atom is 0.272 e. The molecule has 25 heavy (non-hydrogen) atoms. The molecule has 0 saturated heterocycles. The van der Waals surface area contributed by atoms with Crippen molar-refractivity contribution in [2.45, 2.75) is 17.9 Å². The summed E-state index contributed by atoms with van der Waals surface area (Å²) < 4.78 is 23.0. The number of rotatable bonds is 4. The maximum absolute atomic E-state index is 12.4. The van der Waals surface area contributed by atoms with Gasteiger partial charge in [0.15, 0.2) is 9.84 Å². The molecule has 5 nitrogen and oxygen atoms in total. The Kier molecular flexibility index (Phi) is 6.22. The summed E-state index contributed by atoms with van der Waals surface area (Å²) in [7, 11) is -3.29. The number of pyridine rings is 1. The molecule has 0 spiro atoms. The molecule has 0 aliphatic rings. The third-order valence-corrected chi connectivity index (χ3v) is 6.16. The fourth-order valence-corrected chi connectivity index (χ4v) is 3.43. The second-order valence-electron chi connectivity index (χ2n) is 5.23. The van der Waals surface area contributed by atoms with Crippen molar-refractivity contribution in [3.8, 4) is 0 Å². The Morgan fingerprint density at radius 2 is 1.60 bits per heavy atom. The minimum Gasteiger partial charge on any atom is -0.344 e. The highest BCUT2D eigenvalue weighted by Gasteiger charge is 2.22. The van der Waals surface area contributed by atoms with Gasteiger partial charge in [0, 0.05) is 6.26 Å². The number of amides is 1. The third-order valence-electron chi connectivity index (χ3n) is 3.36. The Morgan fingerprint density at radius 3 is 2.12 bits per heavy atom. The summed E-state index contributed by atoms with van der Waals surface area (Å²) in [4.78, 5) is 16.4. The van der Waals surface area contributed by atoms with E-state index in [2.05, 4.69) is 10.3 Å². The molecule has 0 fully saturated rings. The largest absolute Gasteiger partial charge is 0.344 e. The molecule has 134 valence electrons. The molecule has 2 rings (SSSR count). The second kappa shape index (κ2) is 7.68. The molecule has 1 aromatic carbocycles. The summed E-state index contributed by atoms with van der Waals surface area (Å²) in [5.41, 5.74) is 0.545. The van der Waals surface area contributed by atoms with Gasteiger partial charge >= 0.3 is 0 Å². The molecule has 10 heteroatoms. The van der Waals surface area contributed by atoms with Crippen molar-refractivity contribution < 1.29 is 13.2 Å². The Labute approximate surface area is 165 Å². The lowest BCUT2D eigenvalue weighted by molar-refractivity contribution is 0.0935. The Morgan fingerprint density at radius 1 is 1.04 bits per heavy atom. The van der Waals surface area contributed by atoms with Crippen molar-refractivity contribution in [2.75, 3.05) is 6.26 Å². The smallest absolute Gasteiger partial charge is 0.272 e. The maximum atomic E-state index is 12.4. The van der Waals surface area contributed by atoms with Gasteiger partial charge in [-0.3, -0.25) is 4.79 Å². The van der Waals surface area contributed by atoms with Crippen molar-refractivity contribution >= 4 is 62.1 Å². The van der Waals surface area contributed by atoms with Crippen LogP contribution in [0.3, 0.4) is 0 Å². The van der Waals surface area contributed by atoms with Crippen LogP contribution in [0.1, 0.15) is 29.0 Å². The molecule has 0 radical (unpaired) electrons. The minimum absolute atomic E-state index is 0.0331. The van der Waals surface area contributed by atoms with Gasteiger partial charge in [0.2, 0.25) is 0 Å². The molecule has 1 heterocycles. The molecule has 1 atom stereocenters. The van der Waals surface area contributed by atoms with E-state index in [0.717, 1.165) is 6.26 Å². The van der Waals surface area contributed by atoms with Crippen molar-refractivity contribution in [3.63, 3.8) is 0 Å². The second-order valence-corrected chi connectivity index (χ2v) is 8.74. The van der Waals surface area contributed by atoms with E-state index in [1.165, 1.54) is 12.1 Å². The SMILES string of the molecule is C[C@@H](NC(=O)c1nc(Cl)c(Cl)c(Cl)c1Cl)c1ccc(S(C)(=O)=O)cc1. The summed E-state index contributed by atoms with van der Waals surface area (Å²) in [6.45, 7) is 1.72. The lowest BCUT2D eigenvalue weighted by atomic mass is 10.1. The van der Waals surface area contributed by atoms with Gasteiger partial charge in [-0.05, 0) is 24.6 Å². The average Bonchev–Trinajstić information content (AvgIpc) is 2.55. The molecule has 0 saturated carbocycles. The first-order valence-corrected chi connectivity index (χ1v) is 10.2. The summed E-state index contributed by atoms with van der Waals surface area (Å²) in [5, 5.41) is 2.36. The topological polar surface area (TPSA) is 76.1 Å². The molecule has 0 unspecified atom stereocenters. The zero-order valence-corrected chi connectivity index (χ0v) is 16.8. The van der Waals surface area contributed by atoms with Crippen LogP contribution in [0.15, 0.2) is 29.2 Å². The van der Waals surface area contributed by atoms with Crippen LogP contribution in [0.4, 0.5) is 0 Å². The number of halogens is 4. The number of hydrogen-bond donors (Lipinski definition) is 1. The average molecular weight is 442 g/mol. The van der Waals surface area contributed by atoms with E-state index < -0.39 is 21.8 Å². The normalized spacial score (nSPS) is 12.7. The Hall–Kier alpha value is -1.05. The molecule has 1 aromatic heterocycles. The van der Waals surface area contributed by atoms with Crippen molar-refractivity contribution in [3.05, 3.63) is 55.7 Å². The number of nitrogens with zero attached hydrogens (tertiary/aromatic N) is 1. The van der Waals surface area contributed by atoms with Crippen LogP contribution in [-0.2, 0) is 9.84 Å². The van der Waals surface area contributed by atoms with Gasteiger partial charge < -0.3 is 5.32 Å². The first-order chi connectivity index (χ1) is 11.5. The summed E-state index contributed by atoms with van der Waals surface area (Å²) >= 11 is 23.6. The lowest BCUT2D eigenvalue weighted by Gasteiger charge is -2.15. The van der Waals surface area contributed by atoms with Crippen molar-refractivity contribution in [2.24, 2.45) is 0 Å². The van der Waals surface area contributed by atoms with E-state index >= 15 is 0 Å². The fourth-order valence-electron chi connectivity index (χ4n) is 1.99. The monoisotopic (exact) mass is 440 g/mol. The minimum atomic E-state index is -3.29. The van der Waals surface area contributed by atoms with E-state index in [4.69, 9.17) is 46.4 Å². The lowest BCUT2D eigenvalue weighted by Crippen LogP contribution is -2.28. The van der Waals surface area contributed by atoms with Crippen LogP contribution in [0, 0.1) is 0 Å². The van der Waals surface area contributed by atoms with E-state index in [-0.39, 0.29) is 30.8 Å². The highest BCUT2D eigenvalue weighted by atomic mass is 35.5. The zero-order chi connectivity index (χ0) is 18.9. The van der Waals surface area contributed by atoms with Gasteiger partial charge in [0.1, 0.15) is 10.8 Å². The van der Waals surface area contributed by atoms with Crippen LogP contribution in [0.2, 0.25) is 20.2 Å². The predicted molar refractivity (Wildman–Crippen MR) is 99.7 cm³/mol. The molecule has 2 aromatic rings. The van der Waals surface area contributed by atoms with Gasteiger partial charge in [0.05, 0.1) is 26.0 Å². The van der Waals surface area contributed by atoms with Crippen molar-refractivity contribution in [1.82, 2.24) is 10.3 Å². The molecule has 0 aliphatic carbocycles. The van der Waals surface area contributed by atoms with E-state index in [1.54, 1.807) is 19.1 Å². The van der Waals surface area contributed by atoms with E-state index in [0.29, 0.717) is 5.56 Å². The number of aromatic nitrogens is 1. The third kappa shape index (κ3) is 4.57. The fraction of sp³-hybridized carbons (Fsp3) is 0.200. The number of hydrogen-bond acceptors (Lipinski definition) is 4. The van der Waals surface area contributed by atoms with Crippen LogP contribution in [-0.4, -0.2) is 25.6 Å².